The monoisotopic (exact) mass is 446 g/mol. The van der Waals surface area contributed by atoms with E-state index in [4.69, 9.17) is 16.3 Å². The summed E-state index contributed by atoms with van der Waals surface area (Å²) in [5.41, 5.74) is 1.68. The lowest BCUT2D eigenvalue weighted by Gasteiger charge is -2.31. The molecule has 2 aromatic carbocycles. The molecule has 168 valence electrons. The molecule has 0 aromatic heterocycles. The van der Waals surface area contributed by atoms with Crippen LogP contribution in [0.25, 0.3) is 0 Å². The molecule has 1 amide bonds. The van der Waals surface area contributed by atoms with Gasteiger partial charge in [-0.25, -0.2) is 4.39 Å². The molecule has 0 radical (unpaired) electrons. The maximum Gasteiger partial charge on any atom is 0.223 e. The van der Waals surface area contributed by atoms with Crippen molar-refractivity contribution >= 4 is 17.5 Å². The first-order valence-corrected chi connectivity index (χ1v) is 11.3. The van der Waals surface area contributed by atoms with Gasteiger partial charge in [0.2, 0.25) is 5.91 Å². The van der Waals surface area contributed by atoms with Crippen LogP contribution in [0, 0.1) is 11.7 Å². The molecular weight excluding hydrogens is 415 g/mol. The predicted molar refractivity (Wildman–Crippen MR) is 123 cm³/mol. The van der Waals surface area contributed by atoms with Gasteiger partial charge in [-0.1, -0.05) is 56.6 Å². The standard InChI is InChI=1S/C25H32ClFN2O2/c1-25(2,3)20-7-4-5-10-23(20)31-16-13-28-24(30)18-11-14-29(15-12-18)17-19-21(26)8-6-9-22(19)27/h4-10,18H,11-17H2,1-3H3,(H,28,30). The Bertz CT molecular complexity index is 869. The Balaban J connectivity index is 1.41. The Labute approximate surface area is 189 Å². The van der Waals surface area contributed by atoms with Gasteiger partial charge in [-0.3, -0.25) is 9.69 Å². The van der Waals surface area contributed by atoms with Crippen molar-refractivity contribution in [1.29, 1.82) is 0 Å². The molecular formula is C25H32ClFN2O2. The maximum absolute atomic E-state index is 14.0. The number of rotatable bonds is 7. The lowest BCUT2D eigenvalue weighted by molar-refractivity contribution is -0.126. The second-order valence-electron chi connectivity index (χ2n) is 9.14. The molecule has 0 aliphatic carbocycles. The first-order valence-electron chi connectivity index (χ1n) is 10.9. The van der Waals surface area contributed by atoms with Crippen LogP contribution in [0.5, 0.6) is 5.75 Å². The number of carbonyl (C=O) groups excluding carboxylic acids is 1. The van der Waals surface area contributed by atoms with Crippen LogP contribution in [-0.4, -0.2) is 37.0 Å². The topological polar surface area (TPSA) is 41.6 Å². The van der Waals surface area contributed by atoms with Gasteiger partial charge in [0.25, 0.3) is 0 Å². The number of benzene rings is 2. The molecule has 2 aromatic rings. The molecule has 0 bridgehead atoms. The van der Waals surface area contributed by atoms with E-state index in [1.54, 1.807) is 12.1 Å². The summed E-state index contributed by atoms with van der Waals surface area (Å²) in [6, 6.07) is 12.8. The van der Waals surface area contributed by atoms with E-state index >= 15 is 0 Å². The smallest absolute Gasteiger partial charge is 0.223 e. The molecule has 1 heterocycles. The zero-order valence-corrected chi connectivity index (χ0v) is 19.3. The van der Waals surface area contributed by atoms with Crippen LogP contribution in [-0.2, 0) is 16.8 Å². The van der Waals surface area contributed by atoms with Gasteiger partial charge in [-0.05, 0) is 55.1 Å². The van der Waals surface area contributed by atoms with E-state index in [-0.39, 0.29) is 23.1 Å². The first kappa shape index (κ1) is 23.6. The highest BCUT2D eigenvalue weighted by molar-refractivity contribution is 6.31. The van der Waals surface area contributed by atoms with Crippen LogP contribution in [0.4, 0.5) is 4.39 Å². The number of piperidine rings is 1. The molecule has 1 saturated heterocycles. The van der Waals surface area contributed by atoms with Crippen molar-refractivity contribution in [3.05, 3.63) is 64.4 Å². The highest BCUT2D eigenvalue weighted by Gasteiger charge is 2.25. The van der Waals surface area contributed by atoms with E-state index in [1.807, 2.05) is 18.2 Å². The third-order valence-electron chi connectivity index (χ3n) is 5.76. The zero-order chi connectivity index (χ0) is 22.4. The second-order valence-corrected chi connectivity index (χ2v) is 9.54. The Morgan fingerprint density at radius 2 is 1.87 bits per heavy atom. The Morgan fingerprint density at radius 3 is 2.55 bits per heavy atom. The van der Waals surface area contributed by atoms with Crippen LogP contribution in [0.15, 0.2) is 42.5 Å². The molecule has 1 fully saturated rings. The van der Waals surface area contributed by atoms with Gasteiger partial charge in [-0.2, -0.15) is 0 Å². The largest absolute Gasteiger partial charge is 0.491 e. The van der Waals surface area contributed by atoms with Crippen LogP contribution in [0.2, 0.25) is 5.02 Å². The lowest BCUT2D eigenvalue weighted by Crippen LogP contribution is -2.41. The molecule has 0 atom stereocenters. The number of ether oxygens (including phenoxy) is 1. The van der Waals surface area contributed by atoms with E-state index in [0.29, 0.717) is 30.3 Å². The fourth-order valence-electron chi connectivity index (χ4n) is 3.95. The van der Waals surface area contributed by atoms with Gasteiger partial charge in [0.05, 0.1) is 6.54 Å². The van der Waals surface area contributed by atoms with Crippen molar-refractivity contribution in [3.8, 4) is 5.75 Å². The van der Waals surface area contributed by atoms with Crippen molar-refractivity contribution in [3.63, 3.8) is 0 Å². The average Bonchev–Trinajstić information content (AvgIpc) is 2.74. The van der Waals surface area contributed by atoms with E-state index in [9.17, 15) is 9.18 Å². The summed E-state index contributed by atoms with van der Waals surface area (Å²) in [5.74, 6) is 0.634. The number of nitrogens with zero attached hydrogens (tertiary/aromatic N) is 1. The van der Waals surface area contributed by atoms with Crippen molar-refractivity contribution < 1.29 is 13.9 Å². The van der Waals surface area contributed by atoms with E-state index in [0.717, 1.165) is 37.2 Å². The summed E-state index contributed by atoms with van der Waals surface area (Å²) in [6.07, 6.45) is 1.51. The number of hydrogen-bond donors (Lipinski definition) is 1. The third kappa shape index (κ3) is 6.44. The maximum atomic E-state index is 14.0. The Hall–Kier alpha value is -2.11. The van der Waals surface area contributed by atoms with Crippen LogP contribution >= 0.6 is 11.6 Å². The minimum atomic E-state index is -0.277. The molecule has 0 spiro atoms. The molecule has 1 N–H and O–H groups in total. The Kier molecular flexibility index (Phi) is 7.95. The second kappa shape index (κ2) is 10.5. The quantitative estimate of drug-likeness (QED) is 0.595. The minimum absolute atomic E-state index is 0.000700. The third-order valence-corrected chi connectivity index (χ3v) is 6.11. The molecule has 1 aliphatic heterocycles. The van der Waals surface area contributed by atoms with Crippen molar-refractivity contribution in [1.82, 2.24) is 10.2 Å². The summed E-state index contributed by atoms with van der Waals surface area (Å²) in [6.45, 7) is 9.35. The fourth-order valence-corrected chi connectivity index (χ4v) is 4.17. The normalized spacial score (nSPS) is 15.6. The summed E-state index contributed by atoms with van der Waals surface area (Å²) >= 11 is 6.14. The van der Waals surface area contributed by atoms with Crippen molar-refractivity contribution in [2.75, 3.05) is 26.2 Å². The van der Waals surface area contributed by atoms with Gasteiger partial charge in [0.1, 0.15) is 18.2 Å². The van der Waals surface area contributed by atoms with E-state index < -0.39 is 0 Å². The summed E-state index contributed by atoms with van der Waals surface area (Å²) < 4.78 is 19.9. The van der Waals surface area contributed by atoms with Crippen LogP contribution in [0.1, 0.15) is 44.7 Å². The van der Waals surface area contributed by atoms with Crippen LogP contribution in [0.3, 0.4) is 0 Å². The predicted octanol–water partition coefficient (Wildman–Crippen LogP) is 5.18. The van der Waals surface area contributed by atoms with Gasteiger partial charge in [0, 0.05) is 23.0 Å². The number of hydrogen-bond acceptors (Lipinski definition) is 3. The lowest BCUT2D eigenvalue weighted by atomic mass is 9.86. The summed E-state index contributed by atoms with van der Waals surface area (Å²) in [7, 11) is 0. The molecule has 4 nitrogen and oxygen atoms in total. The molecule has 3 rings (SSSR count). The number of amides is 1. The summed E-state index contributed by atoms with van der Waals surface area (Å²) in [5, 5.41) is 3.45. The van der Waals surface area contributed by atoms with E-state index in [2.05, 4.69) is 37.1 Å². The highest BCUT2D eigenvalue weighted by atomic mass is 35.5. The van der Waals surface area contributed by atoms with Gasteiger partial charge in [-0.15, -0.1) is 0 Å². The molecule has 31 heavy (non-hydrogen) atoms. The zero-order valence-electron chi connectivity index (χ0n) is 18.6. The number of para-hydroxylation sites is 1. The molecule has 0 unspecified atom stereocenters. The number of nitrogens with one attached hydrogen (secondary N) is 1. The SMILES string of the molecule is CC(C)(C)c1ccccc1OCCNC(=O)C1CCN(Cc2c(F)cccc2Cl)CC1. The molecule has 1 aliphatic rings. The van der Waals surface area contributed by atoms with Gasteiger partial charge < -0.3 is 10.1 Å². The Morgan fingerprint density at radius 1 is 1.16 bits per heavy atom. The highest BCUT2D eigenvalue weighted by Crippen LogP contribution is 2.31. The van der Waals surface area contributed by atoms with Gasteiger partial charge in [0.15, 0.2) is 0 Å². The van der Waals surface area contributed by atoms with Crippen molar-refractivity contribution in [2.24, 2.45) is 5.92 Å². The first-order chi connectivity index (χ1) is 14.8. The molecule has 0 saturated carbocycles. The van der Waals surface area contributed by atoms with Crippen molar-refractivity contribution in [2.45, 2.75) is 45.6 Å². The summed E-state index contributed by atoms with van der Waals surface area (Å²) in [4.78, 5) is 14.7. The number of halogens is 2. The molecule has 6 heteroatoms. The van der Waals surface area contributed by atoms with Crippen LogP contribution < -0.4 is 10.1 Å². The average molecular weight is 447 g/mol. The fraction of sp³-hybridized carbons (Fsp3) is 0.480. The van der Waals surface area contributed by atoms with Gasteiger partial charge >= 0.3 is 0 Å². The number of carbonyl (C=O) groups is 1. The minimum Gasteiger partial charge on any atom is -0.491 e. The number of likely N-dealkylation sites (tertiary alicyclic amines) is 1. The van der Waals surface area contributed by atoms with E-state index in [1.165, 1.54) is 6.07 Å².